The van der Waals surface area contributed by atoms with Crippen molar-refractivity contribution in [3.05, 3.63) is 24.3 Å². The number of ether oxygens (including phenoxy) is 2. The van der Waals surface area contributed by atoms with Gasteiger partial charge < -0.3 is 15.2 Å². The first-order chi connectivity index (χ1) is 7.94. The molecule has 0 heterocycles. The van der Waals surface area contributed by atoms with Crippen LogP contribution in [-0.2, 0) is 14.3 Å². The van der Waals surface area contributed by atoms with E-state index >= 15 is 0 Å². The van der Waals surface area contributed by atoms with Crippen LogP contribution in [0.4, 0.5) is 11.4 Å². The molecule has 0 aliphatic carbocycles. The maximum atomic E-state index is 11.7. The topological polar surface area (TPSA) is 64.8 Å². The van der Waals surface area contributed by atoms with E-state index in [2.05, 4.69) is 0 Å². The Morgan fingerprint density at radius 2 is 1.94 bits per heavy atom. The molecule has 5 nitrogen and oxygen atoms in total. The van der Waals surface area contributed by atoms with E-state index in [1.54, 1.807) is 31.2 Å². The Morgan fingerprint density at radius 1 is 1.35 bits per heavy atom. The molecule has 5 heteroatoms. The summed E-state index contributed by atoms with van der Waals surface area (Å²) in [6.45, 7) is 3.11. The van der Waals surface area contributed by atoms with Crippen molar-refractivity contribution in [1.82, 2.24) is 0 Å². The van der Waals surface area contributed by atoms with Gasteiger partial charge in [-0.15, -0.1) is 0 Å². The van der Waals surface area contributed by atoms with E-state index in [-0.39, 0.29) is 5.91 Å². The molecule has 0 fully saturated rings. The van der Waals surface area contributed by atoms with Gasteiger partial charge in [0.15, 0.2) is 0 Å². The summed E-state index contributed by atoms with van der Waals surface area (Å²) in [4.78, 5) is 13.2. The summed E-state index contributed by atoms with van der Waals surface area (Å²) < 4.78 is 10.5. The van der Waals surface area contributed by atoms with E-state index in [4.69, 9.17) is 15.2 Å². The second kappa shape index (κ2) is 5.16. The van der Waals surface area contributed by atoms with Crippen LogP contribution in [0.5, 0.6) is 0 Å². The molecule has 0 saturated heterocycles. The van der Waals surface area contributed by atoms with Crippen LogP contribution < -0.4 is 10.6 Å². The third-order valence-electron chi connectivity index (χ3n) is 2.61. The van der Waals surface area contributed by atoms with Crippen LogP contribution in [0.15, 0.2) is 24.3 Å². The van der Waals surface area contributed by atoms with Gasteiger partial charge in [0.2, 0.25) is 5.91 Å². The molecule has 1 aromatic carbocycles. The minimum absolute atomic E-state index is 0.193. The second-order valence-corrected chi connectivity index (χ2v) is 3.76. The zero-order valence-corrected chi connectivity index (χ0v) is 10.6. The Kier molecular flexibility index (Phi) is 4.09. The lowest BCUT2D eigenvalue weighted by molar-refractivity contribution is -0.194. The number of amides is 1. The molecular formula is C12H18N2O3. The van der Waals surface area contributed by atoms with E-state index in [1.165, 1.54) is 26.0 Å². The van der Waals surface area contributed by atoms with E-state index in [0.717, 1.165) is 0 Å². The van der Waals surface area contributed by atoms with Gasteiger partial charge in [-0.3, -0.25) is 9.69 Å². The predicted molar refractivity (Wildman–Crippen MR) is 66.4 cm³/mol. The van der Waals surface area contributed by atoms with Gasteiger partial charge in [0.1, 0.15) is 0 Å². The Labute approximate surface area is 101 Å². The van der Waals surface area contributed by atoms with Gasteiger partial charge in [0.25, 0.3) is 5.91 Å². The second-order valence-electron chi connectivity index (χ2n) is 3.76. The number of rotatable bonds is 4. The summed E-state index contributed by atoms with van der Waals surface area (Å²) in [5.41, 5.74) is 6.90. The lowest BCUT2D eigenvalue weighted by Crippen LogP contribution is -2.52. The van der Waals surface area contributed by atoms with Crippen molar-refractivity contribution in [2.45, 2.75) is 19.8 Å². The summed E-state index contributed by atoms with van der Waals surface area (Å²) in [5.74, 6) is -1.35. The monoisotopic (exact) mass is 238 g/mol. The highest BCUT2D eigenvalue weighted by atomic mass is 16.7. The van der Waals surface area contributed by atoms with Crippen molar-refractivity contribution in [1.29, 1.82) is 0 Å². The third-order valence-corrected chi connectivity index (χ3v) is 2.61. The Balaban J connectivity index is 3.23. The molecule has 0 unspecified atom stereocenters. The van der Waals surface area contributed by atoms with Crippen LogP contribution in [0.25, 0.3) is 0 Å². The van der Waals surface area contributed by atoms with Crippen molar-refractivity contribution in [3.8, 4) is 0 Å². The van der Waals surface area contributed by atoms with E-state index in [0.29, 0.717) is 11.4 Å². The molecule has 0 spiro atoms. The zero-order chi connectivity index (χ0) is 13.1. The molecule has 0 saturated carbocycles. The number of carbonyl (C=O) groups excluding carboxylic acids is 1. The zero-order valence-electron chi connectivity index (χ0n) is 10.6. The highest BCUT2D eigenvalue weighted by Crippen LogP contribution is 2.27. The Morgan fingerprint density at radius 3 is 2.35 bits per heavy atom. The first-order valence-corrected chi connectivity index (χ1v) is 5.21. The smallest absolute Gasteiger partial charge is 0.254 e. The number of methoxy groups -OCH3 is 2. The van der Waals surface area contributed by atoms with Crippen molar-refractivity contribution in [2.75, 3.05) is 24.9 Å². The average molecular weight is 238 g/mol. The predicted octanol–water partition coefficient (Wildman–Crippen LogP) is 1.59. The summed E-state index contributed by atoms with van der Waals surface area (Å²) >= 11 is 0. The minimum Gasteiger partial charge on any atom is -0.399 e. The maximum Gasteiger partial charge on any atom is 0.254 e. The van der Waals surface area contributed by atoms with Gasteiger partial charge >= 0.3 is 0 Å². The molecule has 17 heavy (non-hydrogen) atoms. The molecule has 0 radical (unpaired) electrons. The van der Waals surface area contributed by atoms with Crippen LogP contribution >= 0.6 is 0 Å². The van der Waals surface area contributed by atoms with Crippen LogP contribution in [0.3, 0.4) is 0 Å². The lowest BCUT2D eigenvalue weighted by Gasteiger charge is -2.37. The first-order valence-electron chi connectivity index (χ1n) is 5.21. The Hall–Kier alpha value is -1.59. The molecule has 1 rings (SSSR count). The summed E-state index contributed by atoms with van der Waals surface area (Å²) in [5, 5.41) is 0. The van der Waals surface area contributed by atoms with Crippen LogP contribution in [0, 0.1) is 0 Å². The minimum atomic E-state index is -1.15. The standard InChI is InChI=1S/C12H18N2O3/c1-9(15)14(12(2,16-3)17-4)11-7-5-6-10(13)8-11/h5-8H,13H2,1-4H3. The van der Waals surface area contributed by atoms with Gasteiger partial charge in [-0.05, 0) is 18.2 Å². The van der Waals surface area contributed by atoms with Gasteiger partial charge in [-0.25, -0.2) is 0 Å². The van der Waals surface area contributed by atoms with Gasteiger partial charge in [0, 0.05) is 33.8 Å². The molecule has 0 bridgehead atoms. The SMILES string of the molecule is COC(C)(OC)N(C(C)=O)c1cccc(N)c1. The van der Waals surface area contributed by atoms with Crippen molar-refractivity contribution in [2.24, 2.45) is 0 Å². The molecule has 1 aromatic rings. The highest BCUT2D eigenvalue weighted by Gasteiger charge is 2.35. The van der Waals surface area contributed by atoms with Crippen LogP contribution in [0.2, 0.25) is 0 Å². The molecule has 0 aliphatic rings. The molecule has 2 N–H and O–H groups in total. The number of anilines is 2. The number of nitrogens with two attached hydrogens (primary N) is 1. The van der Waals surface area contributed by atoms with Gasteiger partial charge in [0.05, 0.1) is 5.69 Å². The number of hydrogen-bond acceptors (Lipinski definition) is 4. The van der Waals surface area contributed by atoms with E-state index in [9.17, 15) is 4.79 Å². The summed E-state index contributed by atoms with van der Waals surface area (Å²) in [6, 6.07) is 6.98. The van der Waals surface area contributed by atoms with E-state index in [1.807, 2.05) is 0 Å². The van der Waals surface area contributed by atoms with Crippen LogP contribution in [-0.4, -0.2) is 26.0 Å². The highest BCUT2D eigenvalue weighted by molar-refractivity contribution is 5.92. The third kappa shape index (κ3) is 2.75. The average Bonchev–Trinajstić information content (AvgIpc) is 2.28. The summed E-state index contributed by atoms with van der Waals surface area (Å²) in [6.07, 6.45) is 0. The molecule has 0 aromatic heterocycles. The lowest BCUT2D eigenvalue weighted by atomic mass is 10.2. The fraction of sp³-hybridized carbons (Fsp3) is 0.417. The fourth-order valence-corrected chi connectivity index (χ4v) is 1.63. The normalized spacial score (nSPS) is 11.3. The largest absolute Gasteiger partial charge is 0.399 e. The summed E-state index contributed by atoms with van der Waals surface area (Å²) in [7, 11) is 2.96. The molecular weight excluding hydrogens is 220 g/mol. The number of carbonyl (C=O) groups is 1. The molecule has 1 amide bonds. The van der Waals surface area contributed by atoms with Crippen molar-refractivity contribution in [3.63, 3.8) is 0 Å². The quantitative estimate of drug-likeness (QED) is 0.639. The number of benzene rings is 1. The molecule has 0 atom stereocenters. The van der Waals surface area contributed by atoms with Gasteiger partial charge in [-0.1, -0.05) is 6.07 Å². The van der Waals surface area contributed by atoms with Gasteiger partial charge in [-0.2, -0.15) is 0 Å². The van der Waals surface area contributed by atoms with Crippen molar-refractivity contribution < 1.29 is 14.3 Å². The number of hydrogen-bond donors (Lipinski definition) is 1. The van der Waals surface area contributed by atoms with Crippen molar-refractivity contribution >= 4 is 17.3 Å². The molecule has 0 aliphatic heterocycles. The number of nitrogens with zero attached hydrogens (tertiary/aromatic N) is 1. The number of nitrogen functional groups attached to an aromatic ring is 1. The van der Waals surface area contributed by atoms with E-state index < -0.39 is 5.91 Å². The Bertz CT molecular complexity index is 402. The fourth-order valence-electron chi connectivity index (χ4n) is 1.63. The molecule has 94 valence electrons. The first kappa shape index (κ1) is 13.5. The maximum absolute atomic E-state index is 11.7. The van der Waals surface area contributed by atoms with Crippen LogP contribution in [0.1, 0.15) is 13.8 Å².